The first-order valence-corrected chi connectivity index (χ1v) is 8.03. The molecule has 0 bridgehead atoms. The Hall–Kier alpha value is -1.57. The summed E-state index contributed by atoms with van der Waals surface area (Å²) < 4.78 is 4.59. The second-order valence-electron chi connectivity index (χ2n) is 4.94. The maximum Gasteiger partial charge on any atom is 0.305 e. The lowest BCUT2D eigenvalue weighted by Gasteiger charge is -1.96. The fourth-order valence-electron chi connectivity index (χ4n) is 1.75. The third kappa shape index (κ3) is 16.4. The molecule has 0 rings (SSSR count). The quantitative estimate of drug-likeness (QED) is 0.269. The molecule has 0 aliphatic carbocycles. The Morgan fingerprint density at radius 3 is 1.86 bits per heavy atom. The van der Waals surface area contributed by atoms with Crippen molar-refractivity contribution in [3.8, 4) is 0 Å². The third-order valence-corrected chi connectivity index (χ3v) is 3.03. The molecule has 0 aliphatic rings. The molecule has 0 atom stereocenters. The van der Waals surface area contributed by atoms with Gasteiger partial charge < -0.3 is 4.74 Å². The van der Waals surface area contributed by atoms with Crippen LogP contribution in [0.15, 0.2) is 48.6 Å². The Kier molecular flexibility index (Phi) is 15.3. The molecule has 0 aromatic heterocycles. The molecule has 0 heterocycles. The van der Waals surface area contributed by atoms with Crippen molar-refractivity contribution in [3.63, 3.8) is 0 Å². The SMILES string of the molecule is CCCCC/C=C/C=C/C=C/C=C\CCCC[14C](=O)OC. The van der Waals surface area contributed by atoms with Crippen molar-refractivity contribution in [2.45, 2.75) is 58.3 Å². The number of unbranched alkanes of at least 4 members (excludes halogenated alkanes) is 5. The van der Waals surface area contributed by atoms with Crippen molar-refractivity contribution in [1.82, 2.24) is 0 Å². The van der Waals surface area contributed by atoms with E-state index < -0.39 is 0 Å². The van der Waals surface area contributed by atoms with Gasteiger partial charge in [0.25, 0.3) is 0 Å². The predicted molar refractivity (Wildman–Crippen MR) is 91.2 cm³/mol. The second-order valence-corrected chi connectivity index (χ2v) is 4.94. The normalized spacial score (nSPS) is 12.3. The van der Waals surface area contributed by atoms with E-state index in [0.29, 0.717) is 6.42 Å². The summed E-state index contributed by atoms with van der Waals surface area (Å²) in [4.78, 5) is 10.9. The van der Waals surface area contributed by atoms with Crippen molar-refractivity contribution >= 4 is 5.97 Å². The largest absolute Gasteiger partial charge is 0.469 e. The highest BCUT2D eigenvalue weighted by molar-refractivity contribution is 5.68. The van der Waals surface area contributed by atoms with E-state index in [-0.39, 0.29) is 5.97 Å². The topological polar surface area (TPSA) is 26.3 Å². The lowest BCUT2D eigenvalue weighted by atomic mass is 10.2. The van der Waals surface area contributed by atoms with E-state index in [9.17, 15) is 4.79 Å². The van der Waals surface area contributed by atoms with Gasteiger partial charge in [-0.3, -0.25) is 4.79 Å². The van der Waals surface area contributed by atoms with Gasteiger partial charge in [0.1, 0.15) is 0 Å². The maximum atomic E-state index is 10.9. The molecule has 0 spiro atoms. The molecule has 0 unspecified atom stereocenters. The first kappa shape index (κ1) is 19.4. The Morgan fingerprint density at radius 1 is 0.810 bits per heavy atom. The van der Waals surface area contributed by atoms with Crippen LogP contribution in [0.2, 0.25) is 0 Å². The number of methoxy groups -OCH3 is 1. The van der Waals surface area contributed by atoms with Crippen LogP contribution in [-0.4, -0.2) is 13.1 Å². The predicted octanol–water partition coefficient (Wildman–Crippen LogP) is 5.52. The van der Waals surface area contributed by atoms with E-state index >= 15 is 0 Å². The summed E-state index contributed by atoms with van der Waals surface area (Å²) in [7, 11) is 1.43. The highest BCUT2D eigenvalue weighted by atomic mass is 16.7. The molecule has 0 fully saturated rings. The van der Waals surface area contributed by atoms with Crippen molar-refractivity contribution in [1.29, 1.82) is 0 Å². The number of rotatable bonds is 12. The first-order valence-electron chi connectivity index (χ1n) is 8.03. The van der Waals surface area contributed by atoms with Gasteiger partial charge in [0, 0.05) is 6.42 Å². The summed E-state index contributed by atoms with van der Waals surface area (Å²) in [6.45, 7) is 2.22. The zero-order chi connectivity index (χ0) is 15.6. The third-order valence-electron chi connectivity index (χ3n) is 3.03. The van der Waals surface area contributed by atoms with Crippen molar-refractivity contribution < 1.29 is 9.53 Å². The highest BCUT2D eigenvalue weighted by Crippen LogP contribution is 2.02. The van der Waals surface area contributed by atoms with Gasteiger partial charge >= 0.3 is 5.97 Å². The second kappa shape index (κ2) is 16.5. The Labute approximate surface area is 130 Å². The molecule has 0 amide bonds. The van der Waals surface area contributed by atoms with Crippen LogP contribution in [-0.2, 0) is 9.53 Å². The van der Waals surface area contributed by atoms with Crippen LogP contribution in [0.3, 0.4) is 0 Å². The van der Waals surface area contributed by atoms with Crippen LogP contribution in [0.5, 0.6) is 0 Å². The Bertz CT molecular complexity index is 349. The zero-order valence-electron chi connectivity index (χ0n) is 13.6. The Balaban J connectivity index is 3.49. The Morgan fingerprint density at radius 2 is 1.33 bits per heavy atom. The molecule has 21 heavy (non-hydrogen) atoms. The van der Waals surface area contributed by atoms with Crippen LogP contribution < -0.4 is 0 Å². The molecule has 118 valence electrons. The molecule has 0 aromatic rings. The van der Waals surface area contributed by atoms with E-state index in [2.05, 4.69) is 36.0 Å². The van der Waals surface area contributed by atoms with Crippen LogP contribution >= 0.6 is 0 Å². The molecule has 0 saturated heterocycles. The fraction of sp³-hybridized carbons (Fsp3) is 0.526. The van der Waals surface area contributed by atoms with E-state index in [1.807, 2.05) is 24.3 Å². The van der Waals surface area contributed by atoms with Crippen molar-refractivity contribution in [2.24, 2.45) is 0 Å². The molecule has 0 aromatic carbocycles. The molecule has 2 heteroatoms. The fourth-order valence-corrected chi connectivity index (χ4v) is 1.75. The van der Waals surface area contributed by atoms with Crippen molar-refractivity contribution in [2.75, 3.05) is 7.11 Å². The highest BCUT2D eigenvalue weighted by Gasteiger charge is 1.97. The van der Waals surface area contributed by atoms with Crippen LogP contribution in [0.1, 0.15) is 58.3 Å². The van der Waals surface area contributed by atoms with Gasteiger partial charge in [0.15, 0.2) is 0 Å². The number of allylic oxidation sites excluding steroid dienone is 8. The summed E-state index contributed by atoms with van der Waals surface area (Å²) in [5.74, 6) is -0.119. The number of hydrogen-bond acceptors (Lipinski definition) is 2. The van der Waals surface area contributed by atoms with Gasteiger partial charge in [-0.1, -0.05) is 68.4 Å². The first-order chi connectivity index (χ1) is 10.3. The minimum absolute atomic E-state index is 0.119. The van der Waals surface area contributed by atoms with E-state index in [0.717, 1.165) is 19.3 Å². The van der Waals surface area contributed by atoms with Gasteiger partial charge in [0.2, 0.25) is 0 Å². The van der Waals surface area contributed by atoms with E-state index in [4.69, 9.17) is 0 Å². The van der Waals surface area contributed by atoms with E-state index in [1.54, 1.807) is 0 Å². The lowest BCUT2D eigenvalue weighted by molar-refractivity contribution is -0.140. The lowest BCUT2D eigenvalue weighted by Crippen LogP contribution is -1.98. The minimum atomic E-state index is -0.119. The number of ether oxygens (including phenoxy) is 1. The molecule has 0 saturated carbocycles. The standard InChI is InChI=1S/C19H30O2/c1-3-4-5-6-7-8-9-10-11-12-13-14-15-16-17-18-19(20)21-2/h7-14H,3-6,15-18H2,1-2H3/b8-7+,10-9+,12-11+,14-13-/i19+2. The summed E-state index contributed by atoms with van der Waals surface area (Å²) in [6.07, 6.45) is 25.2. The zero-order valence-corrected chi connectivity index (χ0v) is 13.6. The average Bonchev–Trinajstić information content (AvgIpc) is 2.50. The molecule has 0 aliphatic heterocycles. The minimum Gasteiger partial charge on any atom is -0.469 e. The molecular weight excluding hydrogens is 262 g/mol. The van der Waals surface area contributed by atoms with Crippen LogP contribution in [0, 0.1) is 0 Å². The van der Waals surface area contributed by atoms with Gasteiger partial charge in [-0.15, -0.1) is 0 Å². The summed E-state index contributed by atoms with van der Waals surface area (Å²) in [5.41, 5.74) is 0. The number of carbonyl (C=O) groups is 1. The van der Waals surface area contributed by atoms with E-state index in [1.165, 1.54) is 32.8 Å². The summed E-state index contributed by atoms with van der Waals surface area (Å²) in [5, 5.41) is 0. The summed E-state index contributed by atoms with van der Waals surface area (Å²) >= 11 is 0. The average molecular weight is 292 g/mol. The van der Waals surface area contributed by atoms with Gasteiger partial charge in [0.05, 0.1) is 7.11 Å². The smallest absolute Gasteiger partial charge is 0.305 e. The number of esters is 1. The summed E-state index contributed by atoms with van der Waals surface area (Å²) in [6, 6.07) is 0. The molecular formula is C19H30O2. The van der Waals surface area contributed by atoms with Gasteiger partial charge in [-0.25, -0.2) is 0 Å². The van der Waals surface area contributed by atoms with Gasteiger partial charge in [-0.05, 0) is 32.1 Å². The molecule has 2 nitrogen and oxygen atoms in total. The molecule has 0 N–H and O–H groups in total. The van der Waals surface area contributed by atoms with Gasteiger partial charge in [-0.2, -0.15) is 0 Å². The monoisotopic (exact) mass is 292 g/mol. The number of carbonyl (C=O) groups excluding carboxylic acids is 1. The van der Waals surface area contributed by atoms with Crippen molar-refractivity contribution in [3.05, 3.63) is 48.6 Å². The van der Waals surface area contributed by atoms with Crippen LogP contribution in [0.25, 0.3) is 0 Å². The number of hydrogen-bond donors (Lipinski definition) is 0. The maximum absolute atomic E-state index is 10.9. The molecule has 0 radical (unpaired) electrons. The van der Waals surface area contributed by atoms with Crippen LogP contribution in [0.4, 0.5) is 0 Å².